The third-order valence-corrected chi connectivity index (χ3v) is 5.52. The average Bonchev–Trinajstić information content (AvgIpc) is 3.04. The Hall–Kier alpha value is -3.03. The number of carbonyl (C=O) groups is 1. The van der Waals surface area contributed by atoms with Gasteiger partial charge in [-0.15, -0.1) is 0 Å². The molecule has 0 saturated heterocycles. The van der Waals surface area contributed by atoms with Crippen LogP contribution in [0.5, 0.6) is 11.5 Å². The molecular weight excluding hydrogens is 427 g/mol. The molecule has 1 aliphatic heterocycles. The molecule has 9 heteroatoms. The van der Waals surface area contributed by atoms with E-state index in [1.807, 2.05) is 24.3 Å². The van der Waals surface area contributed by atoms with Crippen LogP contribution in [0.4, 0.5) is 5.95 Å². The van der Waals surface area contributed by atoms with Crippen molar-refractivity contribution in [1.82, 2.24) is 14.9 Å². The SMILES string of the molecule is COc1cc(-c2nc(N)nc3c2CN(Cc2ccccc2OC)C3=O)c(Cl)cc1Cl. The molecule has 1 amide bonds. The Labute approximate surface area is 183 Å². The number of rotatable bonds is 5. The van der Waals surface area contributed by atoms with E-state index < -0.39 is 0 Å². The van der Waals surface area contributed by atoms with Crippen molar-refractivity contribution in [2.45, 2.75) is 13.1 Å². The van der Waals surface area contributed by atoms with E-state index >= 15 is 0 Å². The van der Waals surface area contributed by atoms with E-state index in [2.05, 4.69) is 9.97 Å². The monoisotopic (exact) mass is 444 g/mol. The van der Waals surface area contributed by atoms with Crippen LogP contribution in [0.15, 0.2) is 36.4 Å². The number of nitrogens with zero attached hydrogens (tertiary/aromatic N) is 3. The van der Waals surface area contributed by atoms with Crippen molar-refractivity contribution >= 4 is 35.1 Å². The van der Waals surface area contributed by atoms with Crippen LogP contribution in [-0.4, -0.2) is 35.0 Å². The predicted molar refractivity (Wildman–Crippen MR) is 115 cm³/mol. The second kappa shape index (κ2) is 8.01. The molecule has 2 heterocycles. The molecule has 0 atom stereocenters. The Morgan fingerprint density at radius 3 is 2.47 bits per heavy atom. The van der Waals surface area contributed by atoms with Crippen molar-refractivity contribution in [3.8, 4) is 22.8 Å². The molecule has 2 aromatic carbocycles. The second-order valence-corrected chi connectivity index (χ2v) is 7.51. The molecule has 7 nitrogen and oxygen atoms in total. The molecule has 4 rings (SSSR count). The van der Waals surface area contributed by atoms with E-state index in [1.54, 1.807) is 24.1 Å². The minimum absolute atomic E-state index is 0.0128. The zero-order valence-corrected chi connectivity index (χ0v) is 17.8. The Bertz CT molecular complexity index is 1150. The number of carbonyl (C=O) groups excluding carboxylic acids is 1. The Kier molecular flexibility index (Phi) is 5.40. The maximum absolute atomic E-state index is 13.1. The van der Waals surface area contributed by atoms with Crippen LogP contribution in [0.3, 0.4) is 0 Å². The normalized spacial score (nSPS) is 12.8. The molecule has 3 aromatic rings. The summed E-state index contributed by atoms with van der Waals surface area (Å²) in [5.41, 5.74) is 8.75. The van der Waals surface area contributed by atoms with Gasteiger partial charge in [-0.05, 0) is 18.2 Å². The van der Waals surface area contributed by atoms with Crippen LogP contribution in [-0.2, 0) is 13.1 Å². The highest BCUT2D eigenvalue weighted by atomic mass is 35.5. The lowest BCUT2D eigenvalue weighted by Gasteiger charge is -2.17. The molecule has 0 fully saturated rings. The van der Waals surface area contributed by atoms with Crippen LogP contribution < -0.4 is 15.2 Å². The number of anilines is 1. The molecule has 2 N–H and O–H groups in total. The van der Waals surface area contributed by atoms with Crippen LogP contribution >= 0.6 is 23.2 Å². The van der Waals surface area contributed by atoms with E-state index in [-0.39, 0.29) is 17.5 Å². The molecule has 0 aliphatic carbocycles. The fourth-order valence-corrected chi connectivity index (χ4v) is 4.05. The minimum atomic E-state index is -0.233. The lowest BCUT2D eigenvalue weighted by atomic mass is 10.1. The van der Waals surface area contributed by atoms with Crippen LogP contribution in [0.25, 0.3) is 11.3 Å². The highest BCUT2D eigenvalue weighted by molar-refractivity contribution is 6.37. The topological polar surface area (TPSA) is 90.6 Å². The quantitative estimate of drug-likeness (QED) is 0.633. The summed E-state index contributed by atoms with van der Waals surface area (Å²) >= 11 is 12.6. The Balaban J connectivity index is 1.77. The Morgan fingerprint density at radius 2 is 1.73 bits per heavy atom. The molecule has 0 saturated carbocycles. The summed E-state index contributed by atoms with van der Waals surface area (Å²) in [5, 5.41) is 0.746. The number of nitrogens with two attached hydrogens (primary N) is 1. The van der Waals surface area contributed by atoms with Crippen molar-refractivity contribution < 1.29 is 14.3 Å². The first-order chi connectivity index (χ1) is 14.4. The number of nitrogen functional groups attached to an aromatic ring is 1. The number of halogens is 2. The molecule has 0 bridgehead atoms. The summed E-state index contributed by atoms with van der Waals surface area (Å²) in [6.45, 7) is 0.666. The lowest BCUT2D eigenvalue weighted by molar-refractivity contribution is 0.0761. The van der Waals surface area contributed by atoms with Gasteiger partial charge >= 0.3 is 0 Å². The summed E-state index contributed by atoms with van der Waals surface area (Å²) in [4.78, 5) is 23.3. The van der Waals surface area contributed by atoms with Gasteiger partial charge in [0, 0.05) is 16.7 Å². The first-order valence-electron chi connectivity index (χ1n) is 9.04. The number of hydrogen-bond donors (Lipinski definition) is 1. The van der Waals surface area contributed by atoms with Crippen molar-refractivity contribution in [2.75, 3.05) is 20.0 Å². The number of amides is 1. The fraction of sp³-hybridized carbons (Fsp3) is 0.190. The fourth-order valence-electron chi connectivity index (χ4n) is 3.50. The predicted octanol–water partition coefficient (Wildman–Crippen LogP) is 4.21. The standard InChI is InChI=1S/C21H18Cl2N4O3/c1-29-16-6-4-3-5-11(16)9-27-10-13-18(25-21(24)26-19(13)20(27)28)12-7-17(30-2)15(23)8-14(12)22/h3-8H,9-10H2,1-2H3,(H2,24,25,26). The van der Waals surface area contributed by atoms with Gasteiger partial charge in [0.05, 0.1) is 43.0 Å². The van der Waals surface area contributed by atoms with E-state index in [0.717, 1.165) is 5.56 Å². The van der Waals surface area contributed by atoms with Crippen molar-refractivity contribution in [2.24, 2.45) is 0 Å². The molecule has 154 valence electrons. The molecule has 30 heavy (non-hydrogen) atoms. The third kappa shape index (κ3) is 3.51. The lowest BCUT2D eigenvalue weighted by Crippen LogP contribution is -2.24. The molecular formula is C21H18Cl2N4O3. The maximum atomic E-state index is 13.1. The van der Waals surface area contributed by atoms with E-state index in [9.17, 15) is 4.79 Å². The maximum Gasteiger partial charge on any atom is 0.273 e. The summed E-state index contributed by atoms with van der Waals surface area (Å²) in [6, 6.07) is 10.8. The van der Waals surface area contributed by atoms with E-state index in [1.165, 1.54) is 7.11 Å². The number of benzene rings is 2. The number of aromatic nitrogens is 2. The number of hydrogen-bond acceptors (Lipinski definition) is 6. The smallest absolute Gasteiger partial charge is 0.273 e. The highest BCUT2D eigenvalue weighted by Crippen LogP contribution is 2.40. The molecule has 0 spiro atoms. The first kappa shape index (κ1) is 20.3. The largest absolute Gasteiger partial charge is 0.496 e. The van der Waals surface area contributed by atoms with Crippen LogP contribution in [0, 0.1) is 0 Å². The van der Waals surface area contributed by atoms with Gasteiger partial charge in [-0.2, -0.15) is 0 Å². The van der Waals surface area contributed by atoms with Gasteiger partial charge in [0.2, 0.25) is 5.95 Å². The number of fused-ring (bicyclic) bond motifs is 1. The van der Waals surface area contributed by atoms with Crippen LogP contribution in [0.2, 0.25) is 10.0 Å². The minimum Gasteiger partial charge on any atom is -0.496 e. The summed E-state index contributed by atoms with van der Waals surface area (Å²) in [6.07, 6.45) is 0. The number of methoxy groups -OCH3 is 2. The van der Waals surface area contributed by atoms with Crippen molar-refractivity contribution in [3.05, 3.63) is 63.3 Å². The molecule has 0 unspecified atom stereocenters. The number of ether oxygens (including phenoxy) is 2. The molecule has 1 aliphatic rings. The van der Waals surface area contributed by atoms with Gasteiger partial charge in [0.1, 0.15) is 17.2 Å². The second-order valence-electron chi connectivity index (χ2n) is 6.70. The van der Waals surface area contributed by atoms with Gasteiger partial charge in [0.25, 0.3) is 5.91 Å². The van der Waals surface area contributed by atoms with Gasteiger partial charge < -0.3 is 20.1 Å². The first-order valence-corrected chi connectivity index (χ1v) is 9.79. The summed E-state index contributed by atoms with van der Waals surface area (Å²) in [5.74, 6) is 0.902. The zero-order chi connectivity index (χ0) is 21.4. The van der Waals surface area contributed by atoms with E-state index in [0.29, 0.717) is 51.5 Å². The van der Waals surface area contributed by atoms with Crippen LogP contribution in [0.1, 0.15) is 21.6 Å². The highest BCUT2D eigenvalue weighted by Gasteiger charge is 2.34. The third-order valence-electron chi connectivity index (χ3n) is 4.91. The molecule has 0 radical (unpaired) electrons. The zero-order valence-electron chi connectivity index (χ0n) is 16.3. The Morgan fingerprint density at radius 1 is 1.03 bits per heavy atom. The van der Waals surface area contributed by atoms with Gasteiger partial charge in [-0.3, -0.25) is 4.79 Å². The summed E-state index contributed by atoms with van der Waals surface area (Å²) in [7, 11) is 3.11. The van der Waals surface area contributed by atoms with Gasteiger partial charge in [-0.1, -0.05) is 41.4 Å². The van der Waals surface area contributed by atoms with Crippen molar-refractivity contribution in [1.29, 1.82) is 0 Å². The van der Waals surface area contributed by atoms with Gasteiger partial charge in [-0.25, -0.2) is 9.97 Å². The summed E-state index contributed by atoms with van der Waals surface area (Å²) < 4.78 is 10.7. The van der Waals surface area contributed by atoms with Gasteiger partial charge in [0.15, 0.2) is 0 Å². The average molecular weight is 445 g/mol. The molecule has 1 aromatic heterocycles. The van der Waals surface area contributed by atoms with Crippen molar-refractivity contribution in [3.63, 3.8) is 0 Å². The number of para-hydroxylation sites is 1. The van der Waals surface area contributed by atoms with E-state index in [4.69, 9.17) is 38.4 Å².